The van der Waals surface area contributed by atoms with Gasteiger partial charge in [0, 0.05) is 10.5 Å². The number of hydrogen-bond donors (Lipinski definition) is 0. The zero-order valence-electron chi connectivity index (χ0n) is 10.7. The molecule has 0 fully saturated rings. The van der Waals surface area contributed by atoms with Crippen LogP contribution in [0.5, 0.6) is 11.6 Å². The fraction of sp³-hybridized carbons (Fsp3) is 0.154. The van der Waals surface area contributed by atoms with Crippen LogP contribution in [-0.4, -0.2) is 9.91 Å². The Morgan fingerprint density at radius 2 is 1.90 bits per heavy atom. The van der Waals surface area contributed by atoms with E-state index in [9.17, 15) is 10.1 Å². The summed E-state index contributed by atoms with van der Waals surface area (Å²) in [4.78, 5) is 13.9. The second-order valence-corrected chi connectivity index (χ2v) is 5.41. The molecule has 0 saturated heterocycles. The van der Waals surface area contributed by atoms with Crippen LogP contribution in [0.1, 0.15) is 11.1 Å². The standard InChI is InChI=1S/C13H10BrClN2O3/c1-7-3-10(4-8(2)12(7)14)20-13-11(15)5-9(6-16-13)17(18)19/h3-6H,1-2H3. The lowest BCUT2D eigenvalue weighted by atomic mass is 10.1. The Morgan fingerprint density at radius 3 is 2.40 bits per heavy atom. The molecule has 1 aromatic carbocycles. The van der Waals surface area contributed by atoms with Crippen molar-refractivity contribution in [2.45, 2.75) is 13.8 Å². The van der Waals surface area contributed by atoms with Crippen molar-refractivity contribution in [3.8, 4) is 11.6 Å². The summed E-state index contributed by atoms with van der Waals surface area (Å²) < 4.78 is 6.58. The molecule has 0 saturated carbocycles. The first-order valence-electron chi connectivity index (χ1n) is 5.63. The van der Waals surface area contributed by atoms with Crippen molar-refractivity contribution in [1.82, 2.24) is 4.98 Å². The highest BCUT2D eigenvalue weighted by molar-refractivity contribution is 9.10. The average Bonchev–Trinajstić information content (AvgIpc) is 2.38. The Labute approximate surface area is 128 Å². The Morgan fingerprint density at radius 1 is 1.30 bits per heavy atom. The number of pyridine rings is 1. The topological polar surface area (TPSA) is 65.3 Å². The average molecular weight is 358 g/mol. The molecule has 0 N–H and O–H groups in total. The van der Waals surface area contributed by atoms with Gasteiger partial charge in [-0.2, -0.15) is 0 Å². The van der Waals surface area contributed by atoms with Crippen LogP contribution < -0.4 is 4.74 Å². The summed E-state index contributed by atoms with van der Waals surface area (Å²) in [6, 6.07) is 4.87. The molecule has 2 rings (SSSR count). The molecule has 0 aliphatic rings. The fourth-order valence-corrected chi connectivity index (χ4v) is 2.10. The van der Waals surface area contributed by atoms with Gasteiger partial charge in [0.15, 0.2) is 0 Å². The first kappa shape index (κ1) is 14.7. The molecule has 0 bridgehead atoms. The first-order valence-corrected chi connectivity index (χ1v) is 6.80. The summed E-state index contributed by atoms with van der Waals surface area (Å²) >= 11 is 9.40. The SMILES string of the molecule is Cc1cc(Oc2ncc([N+](=O)[O-])cc2Cl)cc(C)c1Br. The summed E-state index contributed by atoms with van der Waals surface area (Å²) in [6.45, 7) is 3.88. The molecule has 20 heavy (non-hydrogen) atoms. The van der Waals surface area contributed by atoms with Crippen molar-refractivity contribution in [2.24, 2.45) is 0 Å². The molecule has 0 atom stereocenters. The van der Waals surface area contributed by atoms with Crippen LogP contribution in [0.4, 0.5) is 5.69 Å². The van der Waals surface area contributed by atoms with Crippen LogP contribution >= 0.6 is 27.5 Å². The predicted molar refractivity (Wildman–Crippen MR) is 79.6 cm³/mol. The largest absolute Gasteiger partial charge is 0.438 e. The van der Waals surface area contributed by atoms with Crippen molar-refractivity contribution in [3.05, 3.63) is 55.1 Å². The maximum Gasteiger partial charge on any atom is 0.289 e. The Kier molecular flexibility index (Phi) is 4.25. The normalized spacial score (nSPS) is 10.4. The second kappa shape index (κ2) is 5.76. The van der Waals surface area contributed by atoms with E-state index in [1.807, 2.05) is 26.0 Å². The quantitative estimate of drug-likeness (QED) is 0.584. The van der Waals surface area contributed by atoms with Crippen LogP contribution in [0.15, 0.2) is 28.9 Å². The number of aromatic nitrogens is 1. The molecule has 0 aliphatic heterocycles. The van der Waals surface area contributed by atoms with Gasteiger partial charge in [0.05, 0.1) is 4.92 Å². The maximum atomic E-state index is 10.6. The van der Waals surface area contributed by atoms with Gasteiger partial charge in [-0.05, 0) is 37.1 Å². The molecular weight excluding hydrogens is 348 g/mol. The molecule has 7 heteroatoms. The van der Waals surface area contributed by atoms with Gasteiger partial charge in [-0.15, -0.1) is 0 Å². The lowest BCUT2D eigenvalue weighted by Crippen LogP contribution is -1.94. The van der Waals surface area contributed by atoms with Gasteiger partial charge in [0.1, 0.15) is 17.0 Å². The number of benzene rings is 1. The van der Waals surface area contributed by atoms with E-state index in [0.29, 0.717) is 5.75 Å². The van der Waals surface area contributed by atoms with Crippen molar-refractivity contribution in [1.29, 1.82) is 0 Å². The minimum absolute atomic E-state index is 0.0948. The van der Waals surface area contributed by atoms with Gasteiger partial charge in [0.25, 0.3) is 5.69 Å². The molecule has 0 radical (unpaired) electrons. The lowest BCUT2D eigenvalue weighted by molar-refractivity contribution is -0.385. The van der Waals surface area contributed by atoms with Crippen LogP contribution in [-0.2, 0) is 0 Å². The van der Waals surface area contributed by atoms with Crippen molar-refractivity contribution in [2.75, 3.05) is 0 Å². The molecule has 1 heterocycles. The van der Waals surface area contributed by atoms with Gasteiger partial charge in [-0.1, -0.05) is 27.5 Å². The Bertz CT molecular complexity index is 668. The van der Waals surface area contributed by atoms with E-state index in [0.717, 1.165) is 21.8 Å². The molecule has 5 nitrogen and oxygen atoms in total. The van der Waals surface area contributed by atoms with Crippen molar-refractivity contribution >= 4 is 33.2 Å². The minimum atomic E-state index is -0.559. The number of rotatable bonds is 3. The summed E-state index contributed by atoms with van der Waals surface area (Å²) in [5.41, 5.74) is 1.85. The highest BCUT2D eigenvalue weighted by atomic mass is 79.9. The monoisotopic (exact) mass is 356 g/mol. The van der Waals surface area contributed by atoms with Crippen LogP contribution in [0, 0.1) is 24.0 Å². The first-order chi connectivity index (χ1) is 9.38. The van der Waals surface area contributed by atoms with E-state index in [2.05, 4.69) is 20.9 Å². The second-order valence-electron chi connectivity index (χ2n) is 4.21. The molecule has 104 valence electrons. The number of hydrogen-bond acceptors (Lipinski definition) is 4. The molecule has 0 aliphatic carbocycles. The highest BCUT2D eigenvalue weighted by Gasteiger charge is 2.13. The molecular formula is C13H10BrClN2O3. The molecule has 2 aromatic rings. The fourth-order valence-electron chi connectivity index (χ4n) is 1.67. The van der Waals surface area contributed by atoms with Gasteiger partial charge in [-0.3, -0.25) is 10.1 Å². The minimum Gasteiger partial charge on any atom is -0.438 e. The third-order valence-corrected chi connectivity index (χ3v) is 4.15. The van der Waals surface area contributed by atoms with E-state index in [1.54, 1.807) is 0 Å². The molecule has 0 spiro atoms. The summed E-state index contributed by atoms with van der Waals surface area (Å²) in [7, 11) is 0. The molecule has 0 unspecified atom stereocenters. The van der Waals surface area contributed by atoms with E-state index < -0.39 is 4.92 Å². The third kappa shape index (κ3) is 3.08. The van der Waals surface area contributed by atoms with Gasteiger partial charge in [-0.25, -0.2) is 4.98 Å². The summed E-state index contributed by atoms with van der Waals surface area (Å²) in [5.74, 6) is 0.713. The summed E-state index contributed by atoms with van der Waals surface area (Å²) in [6.07, 6.45) is 1.11. The molecule has 1 aromatic heterocycles. The smallest absolute Gasteiger partial charge is 0.289 e. The van der Waals surface area contributed by atoms with E-state index in [4.69, 9.17) is 16.3 Å². The Hall–Kier alpha value is -1.66. The number of nitro groups is 1. The summed E-state index contributed by atoms with van der Waals surface area (Å²) in [5, 5.41) is 10.7. The zero-order valence-corrected chi connectivity index (χ0v) is 13.0. The molecule has 0 amide bonds. The number of nitrogens with zero attached hydrogens (tertiary/aromatic N) is 2. The van der Waals surface area contributed by atoms with Crippen LogP contribution in [0.2, 0.25) is 5.02 Å². The van der Waals surface area contributed by atoms with Crippen molar-refractivity contribution < 1.29 is 9.66 Å². The van der Waals surface area contributed by atoms with E-state index >= 15 is 0 Å². The highest BCUT2D eigenvalue weighted by Crippen LogP contribution is 2.32. The number of aryl methyl sites for hydroxylation is 2. The number of halogens is 2. The van der Waals surface area contributed by atoms with Gasteiger partial charge >= 0.3 is 0 Å². The van der Waals surface area contributed by atoms with E-state index in [-0.39, 0.29) is 16.6 Å². The van der Waals surface area contributed by atoms with Crippen LogP contribution in [0.3, 0.4) is 0 Å². The predicted octanol–water partition coefficient (Wildman–Crippen LogP) is 4.81. The van der Waals surface area contributed by atoms with Crippen LogP contribution in [0.25, 0.3) is 0 Å². The maximum absolute atomic E-state index is 10.6. The zero-order chi connectivity index (χ0) is 14.9. The van der Waals surface area contributed by atoms with E-state index in [1.165, 1.54) is 6.07 Å². The van der Waals surface area contributed by atoms with Crippen molar-refractivity contribution in [3.63, 3.8) is 0 Å². The lowest BCUT2D eigenvalue weighted by Gasteiger charge is -2.09. The Balaban J connectivity index is 2.33. The van der Waals surface area contributed by atoms with Gasteiger partial charge in [0.2, 0.25) is 5.88 Å². The third-order valence-electron chi connectivity index (χ3n) is 2.63. The number of ether oxygens (including phenoxy) is 1. The van der Waals surface area contributed by atoms with Gasteiger partial charge < -0.3 is 4.74 Å².